The van der Waals surface area contributed by atoms with Crippen LogP contribution < -0.4 is 10.6 Å². The van der Waals surface area contributed by atoms with E-state index >= 15 is 0 Å². The van der Waals surface area contributed by atoms with Crippen molar-refractivity contribution in [3.05, 3.63) is 58.1 Å². The van der Waals surface area contributed by atoms with E-state index in [0.29, 0.717) is 15.7 Å². The average Bonchev–Trinajstić information content (AvgIpc) is 2.50. The van der Waals surface area contributed by atoms with Crippen molar-refractivity contribution in [2.24, 2.45) is 0 Å². The predicted molar refractivity (Wildman–Crippen MR) is 94.5 cm³/mol. The van der Waals surface area contributed by atoms with Crippen molar-refractivity contribution < 1.29 is 9.90 Å². The molecule has 0 bridgehead atoms. The predicted octanol–water partition coefficient (Wildman–Crippen LogP) is 4.84. The molecule has 2 aromatic carbocycles. The van der Waals surface area contributed by atoms with Gasteiger partial charge in [-0.15, -0.1) is 0 Å². The average molecular weight is 353 g/mol. The van der Waals surface area contributed by atoms with Crippen LogP contribution in [0.2, 0.25) is 10.0 Å². The van der Waals surface area contributed by atoms with Gasteiger partial charge in [-0.25, -0.2) is 4.79 Å². The number of phenols is 1. The highest BCUT2D eigenvalue weighted by molar-refractivity contribution is 6.42. The van der Waals surface area contributed by atoms with Crippen molar-refractivity contribution in [2.75, 3.05) is 5.32 Å². The van der Waals surface area contributed by atoms with E-state index in [4.69, 9.17) is 23.2 Å². The van der Waals surface area contributed by atoms with Crippen LogP contribution in [0.3, 0.4) is 0 Å². The zero-order valence-corrected chi connectivity index (χ0v) is 14.2. The Morgan fingerprint density at radius 3 is 2.48 bits per heavy atom. The van der Waals surface area contributed by atoms with Gasteiger partial charge in [-0.1, -0.05) is 35.3 Å². The van der Waals surface area contributed by atoms with Crippen LogP contribution in [0.4, 0.5) is 10.5 Å². The number of carbonyl (C=O) groups excluding carboxylic acids is 1. The van der Waals surface area contributed by atoms with E-state index in [0.717, 1.165) is 18.4 Å². The molecule has 2 aromatic rings. The number of hydrogen-bond acceptors (Lipinski definition) is 2. The van der Waals surface area contributed by atoms with Gasteiger partial charge >= 0.3 is 6.03 Å². The first-order valence-corrected chi connectivity index (χ1v) is 8.00. The van der Waals surface area contributed by atoms with Crippen molar-refractivity contribution in [3.63, 3.8) is 0 Å². The minimum absolute atomic E-state index is 0.00609. The monoisotopic (exact) mass is 352 g/mol. The van der Waals surface area contributed by atoms with Crippen molar-refractivity contribution in [1.29, 1.82) is 0 Å². The molecule has 2 amide bonds. The number of hydrogen-bond donors (Lipinski definition) is 3. The van der Waals surface area contributed by atoms with E-state index in [9.17, 15) is 9.90 Å². The molecule has 0 aliphatic heterocycles. The van der Waals surface area contributed by atoms with Gasteiger partial charge in [0.2, 0.25) is 0 Å². The Bertz CT molecular complexity index is 675. The highest BCUT2D eigenvalue weighted by Gasteiger charge is 2.08. The zero-order valence-electron chi connectivity index (χ0n) is 12.6. The summed E-state index contributed by atoms with van der Waals surface area (Å²) >= 11 is 11.7. The van der Waals surface area contributed by atoms with Gasteiger partial charge in [0, 0.05) is 11.7 Å². The largest absolute Gasteiger partial charge is 0.508 e. The number of urea groups is 1. The van der Waals surface area contributed by atoms with Crippen LogP contribution in [0, 0.1) is 0 Å². The molecule has 23 heavy (non-hydrogen) atoms. The lowest BCUT2D eigenvalue weighted by atomic mass is 10.1. The van der Waals surface area contributed by atoms with Gasteiger partial charge in [0.25, 0.3) is 0 Å². The molecule has 3 N–H and O–H groups in total. The summed E-state index contributed by atoms with van der Waals surface area (Å²) in [5, 5.41) is 15.7. The number of phenolic OH excluding ortho intramolecular Hbond substituents is 1. The molecule has 0 saturated carbocycles. The highest BCUT2D eigenvalue weighted by atomic mass is 35.5. The van der Waals surface area contributed by atoms with Crippen LogP contribution in [0.5, 0.6) is 5.75 Å². The van der Waals surface area contributed by atoms with Crippen molar-refractivity contribution in [2.45, 2.75) is 25.8 Å². The van der Waals surface area contributed by atoms with E-state index < -0.39 is 0 Å². The van der Waals surface area contributed by atoms with Crippen molar-refractivity contribution in [3.8, 4) is 5.75 Å². The smallest absolute Gasteiger partial charge is 0.319 e. The van der Waals surface area contributed by atoms with Crippen molar-refractivity contribution in [1.82, 2.24) is 5.32 Å². The number of nitrogens with one attached hydrogen (secondary N) is 2. The lowest BCUT2D eigenvalue weighted by Gasteiger charge is -2.15. The molecule has 0 spiro atoms. The molecule has 6 heteroatoms. The molecule has 0 unspecified atom stereocenters. The van der Waals surface area contributed by atoms with Crippen LogP contribution in [-0.4, -0.2) is 17.2 Å². The Balaban J connectivity index is 1.79. The van der Waals surface area contributed by atoms with Crippen LogP contribution in [-0.2, 0) is 6.42 Å². The maximum atomic E-state index is 11.9. The third-order valence-electron chi connectivity index (χ3n) is 3.36. The third kappa shape index (κ3) is 5.66. The van der Waals surface area contributed by atoms with Crippen LogP contribution in [0.15, 0.2) is 42.5 Å². The SMILES string of the molecule is C[C@H](CCc1ccc(O)cc1)NC(=O)Nc1ccc(Cl)c(Cl)c1. The Kier molecular flexibility index (Phi) is 6.13. The lowest BCUT2D eigenvalue weighted by Crippen LogP contribution is -2.36. The number of benzene rings is 2. The Morgan fingerprint density at radius 1 is 1.13 bits per heavy atom. The summed E-state index contributed by atoms with van der Waals surface area (Å²) in [7, 11) is 0. The van der Waals surface area contributed by atoms with Crippen LogP contribution >= 0.6 is 23.2 Å². The maximum Gasteiger partial charge on any atom is 0.319 e. The summed E-state index contributed by atoms with van der Waals surface area (Å²) in [5.41, 5.74) is 1.70. The van der Waals surface area contributed by atoms with E-state index in [1.807, 2.05) is 19.1 Å². The first-order valence-electron chi connectivity index (χ1n) is 7.24. The van der Waals surface area contributed by atoms with Gasteiger partial charge < -0.3 is 15.7 Å². The quantitative estimate of drug-likeness (QED) is 0.720. The molecule has 122 valence electrons. The number of halogens is 2. The first-order chi connectivity index (χ1) is 10.9. The minimum Gasteiger partial charge on any atom is -0.508 e. The Morgan fingerprint density at radius 2 is 1.83 bits per heavy atom. The second kappa shape index (κ2) is 8.09. The molecule has 0 radical (unpaired) electrons. The van der Waals surface area contributed by atoms with Gasteiger partial charge in [-0.3, -0.25) is 0 Å². The molecule has 0 aromatic heterocycles. The molecule has 0 heterocycles. The molecule has 0 aliphatic rings. The number of amides is 2. The second-order valence-electron chi connectivity index (χ2n) is 5.33. The topological polar surface area (TPSA) is 61.4 Å². The normalized spacial score (nSPS) is 11.8. The molecule has 1 atom stereocenters. The number of rotatable bonds is 5. The van der Waals surface area contributed by atoms with Gasteiger partial charge in [0.1, 0.15) is 5.75 Å². The third-order valence-corrected chi connectivity index (χ3v) is 4.10. The van der Waals surface area contributed by atoms with Gasteiger partial charge in [0.15, 0.2) is 0 Å². The fourth-order valence-electron chi connectivity index (χ4n) is 2.08. The van der Waals surface area contributed by atoms with E-state index in [1.54, 1.807) is 30.3 Å². The summed E-state index contributed by atoms with van der Waals surface area (Å²) in [6, 6.07) is 11.7. The van der Waals surface area contributed by atoms with Gasteiger partial charge in [0.05, 0.1) is 10.0 Å². The summed E-state index contributed by atoms with van der Waals surface area (Å²) in [6.45, 7) is 1.94. The molecule has 0 fully saturated rings. The van der Waals surface area contributed by atoms with E-state index in [1.165, 1.54) is 0 Å². The zero-order chi connectivity index (χ0) is 16.8. The molecule has 4 nitrogen and oxygen atoms in total. The van der Waals surface area contributed by atoms with Crippen molar-refractivity contribution >= 4 is 34.9 Å². The molecule has 0 aliphatic carbocycles. The van der Waals surface area contributed by atoms with Crippen LogP contribution in [0.1, 0.15) is 18.9 Å². The molecular weight excluding hydrogens is 335 g/mol. The standard InChI is InChI=1S/C17H18Cl2N2O2/c1-11(2-3-12-4-7-14(22)8-5-12)20-17(23)21-13-6-9-15(18)16(19)10-13/h4-11,22H,2-3H2,1H3,(H2,20,21,23)/t11-/m1/s1. The first kappa shape index (κ1) is 17.4. The van der Waals surface area contributed by atoms with Gasteiger partial charge in [-0.05, 0) is 55.7 Å². The number of aromatic hydroxyl groups is 1. The lowest BCUT2D eigenvalue weighted by molar-refractivity contribution is 0.248. The number of carbonyl (C=O) groups is 1. The summed E-state index contributed by atoms with van der Waals surface area (Å²) in [4.78, 5) is 11.9. The van der Waals surface area contributed by atoms with Gasteiger partial charge in [-0.2, -0.15) is 0 Å². The molecule has 2 rings (SSSR count). The summed E-state index contributed by atoms with van der Waals surface area (Å²) in [5.74, 6) is 0.251. The fourth-order valence-corrected chi connectivity index (χ4v) is 2.38. The fraction of sp³-hybridized carbons (Fsp3) is 0.235. The highest BCUT2D eigenvalue weighted by Crippen LogP contribution is 2.24. The Labute approximate surface area is 145 Å². The summed E-state index contributed by atoms with van der Waals surface area (Å²) < 4.78 is 0. The molecule has 0 saturated heterocycles. The molecular formula is C17H18Cl2N2O2. The minimum atomic E-state index is -0.290. The number of aryl methyl sites for hydroxylation is 1. The van der Waals surface area contributed by atoms with Crippen LogP contribution in [0.25, 0.3) is 0 Å². The summed E-state index contributed by atoms with van der Waals surface area (Å²) in [6.07, 6.45) is 1.61. The second-order valence-corrected chi connectivity index (χ2v) is 6.15. The number of anilines is 1. The van der Waals surface area contributed by atoms with E-state index in [-0.39, 0.29) is 17.8 Å². The Hall–Kier alpha value is -1.91. The maximum absolute atomic E-state index is 11.9. The van der Waals surface area contributed by atoms with E-state index in [2.05, 4.69) is 10.6 Å².